The summed E-state index contributed by atoms with van der Waals surface area (Å²) in [5.41, 5.74) is 11.7. The summed E-state index contributed by atoms with van der Waals surface area (Å²) < 4.78 is 5.46. The van der Waals surface area contributed by atoms with Crippen molar-refractivity contribution in [3.05, 3.63) is 10.6 Å². The molecule has 0 bridgehead atoms. The second-order valence-electron chi connectivity index (χ2n) is 5.78. The molecule has 1 heterocycles. The molecule has 1 aliphatic rings. The van der Waals surface area contributed by atoms with Crippen LogP contribution in [-0.4, -0.2) is 29.7 Å². The smallest absolute Gasteiger partial charge is 0.407 e. The van der Waals surface area contributed by atoms with Crippen molar-refractivity contribution < 1.29 is 9.53 Å². The zero-order valence-electron chi connectivity index (χ0n) is 13.0. The van der Waals surface area contributed by atoms with E-state index in [4.69, 9.17) is 16.2 Å². The van der Waals surface area contributed by atoms with Crippen LogP contribution in [0.15, 0.2) is 4.99 Å². The van der Waals surface area contributed by atoms with Crippen molar-refractivity contribution in [1.29, 1.82) is 0 Å². The highest BCUT2D eigenvalue weighted by Gasteiger charge is 2.25. The minimum Gasteiger partial charge on any atom is -0.446 e. The van der Waals surface area contributed by atoms with Crippen LogP contribution < -0.4 is 16.8 Å². The van der Waals surface area contributed by atoms with E-state index < -0.39 is 0 Å². The van der Waals surface area contributed by atoms with Crippen LogP contribution in [0.1, 0.15) is 37.3 Å². The number of carbonyl (C=O) groups is 1. The van der Waals surface area contributed by atoms with Crippen LogP contribution in [-0.2, 0) is 17.6 Å². The molecule has 1 amide bonds. The predicted octanol–water partition coefficient (Wildman–Crippen LogP) is 1.68. The van der Waals surface area contributed by atoms with Crippen LogP contribution in [0, 0.1) is 5.92 Å². The minimum atomic E-state index is -0.344. The molecule has 1 unspecified atom stereocenters. The van der Waals surface area contributed by atoms with Crippen LogP contribution in [0.3, 0.4) is 0 Å². The zero-order valence-corrected chi connectivity index (χ0v) is 13.8. The van der Waals surface area contributed by atoms with Crippen molar-refractivity contribution in [1.82, 2.24) is 10.3 Å². The van der Waals surface area contributed by atoms with Gasteiger partial charge in [-0.1, -0.05) is 25.2 Å². The third-order valence-corrected chi connectivity index (χ3v) is 4.39. The molecular weight excluding hydrogens is 302 g/mol. The number of amides is 1. The Morgan fingerprint density at radius 2 is 2.32 bits per heavy atom. The molecule has 0 fully saturated rings. The van der Waals surface area contributed by atoms with E-state index in [1.165, 1.54) is 11.3 Å². The Morgan fingerprint density at radius 3 is 3.00 bits per heavy atom. The molecule has 0 aromatic carbocycles. The highest BCUT2D eigenvalue weighted by atomic mass is 32.1. The van der Waals surface area contributed by atoms with Gasteiger partial charge in [0.2, 0.25) is 5.13 Å². The molecule has 0 radical (unpaired) electrons. The van der Waals surface area contributed by atoms with E-state index in [1.807, 2.05) is 0 Å². The topological polar surface area (TPSA) is 116 Å². The quantitative estimate of drug-likeness (QED) is 0.562. The number of fused-ring (bicyclic) bond motifs is 1. The highest BCUT2D eigenvalue weighted by molar-refractivity contribution is 7.15. The van der Waals surface area contributed by atoms with Crippen molar-refractivity contribution in [2.45, 2.75) is 45.6 Å². The van der Waals surface area contributed by atoms with Gasteiger partial charge < -0.3 is 21.5 Å². The minimum absolute atomic E-state index is 0.00317. The molecule has 0 spiro atoms. The number of carbonyl (C=O) groups excluding carboxylic acids is 1. The number of hydrogen-bond donors (Lipinski definition) is 3. The lowest BCUT2D eigenvalue weighted by Gasteiger charge is -2.21. The normalized spacial score (nSPS) is 17.0. The lowest BCUT2D eigenvalue weighted by atomic mass is 10.0. The van der Waals surface area contributed by atoms with Gasteiger partial charge in [0.15, 0.2) is 5.96 Å². The fourth-order valence-electron chi connectivity index (χ4n) is 2.25. The summed E-state index contributed by atoms with van der Waals surface area (Å²) in [4.78, 5) is 21.2. The van der Waals surface area contributed by atoms with Crippen LogP contribution >= 0.6 is 11.3 Å². The molecule has 7 nitrogen and oxygen atoms in total. The molecular formula is C14H23N5O2S. The van der Waals surface area contributed by atoms with E-state index in [2.05, 4.69) is 29.1 Å². The molecule has 1 aromatic rings. The molecule has 0 aliphatic heterocycles. The first-order valence-electron chi connectivity index (χ1n) is 7.46. The van der Waals surface area contributed by atoms with Crippen LogP contribution in [0.5, 0.6) is 0 Å². The van der Waals surface area contributed by atoms with E-state index >= 15 is 0 Å². The van der Waals surface area contributed by atoms with E-state index in [0.29, 0.717) is 24.0 Å². The maximum absolute atomic E-state index is 11.8. The molecule has 0 saturated carbocycles. The fourth-order valence-corrected chi connectivity index (χ4v) is 3.31. The lowest BCUT2D eigenvalue weighted by molar-refractivity contribution is 0.0896. The second-order valence-corrected chi connectivity index (χ2v) is 6.84. The number of thiazole rings is 1. The maximum Gasteiger partial charge on any atom is 0.407 e. The standard InChI is InChI=1S/C14H23N5O2S/c1-8(2)5-6-17-14(20)21-9-3-4-10-11(7-9)22-13(18-10)19-12(15)16/h8-9H,3-7H2,1-2H3,(H,17,20)(H4,15,16,18,19). The number of guanidine groups is 1. The zero-order chi connectivity index (χ0) is 16.1. The average Bonchev–Trinajstić information content (AvgIpc) is 2.78. The number of aromatic nitrogens is 1. The predicted molar refractivity (Wildman–Crippen MR) is 87.3 cm³/mol. The fraction of sp³-hybridized carbons (Fsp3) is 0.643. The Balaban J connectivity index is 1.85. The third-order valence-electron chi connectivity index (χ3n) is 3.37. The molecule has 5 N–H and O–H groups in total. The number of nitrogens with two attached hydrogens (primary N) is 2. The monoisotopic (exact) mass is 325 g/mol. The Bertz CT molecular complexity index is 551. The largest absolute Gasteiger partial charge is 0.446 e. The molecule has 122 valence electrons. The summed E-state index contributed by atoms with van der Waals surface area (Å²) in [6.45, 7) is 4.88. The van der Waals surface area contributed by atoms with E-state index in [1.54, 1.807) is 0 Å². The summed E-state index contributed by atoms with van der Waals surface area (Å²) >= 11 is 1.45. The average molecular weight is 325 g/mol. The number of rotatable bonds is 5. The highest BCUT2D eigenvalue weighted by Crippen LogP contribution is 2.32. The van der Waals surface area contributed by atoms with Crippen LogP contribution in [0.4, 0.5) is 9.93 Å². The van der Waals surface area contributed by atoms with Gasteiger partial charge in [-0.25, -0.2) is 9.78 Å². The summed E-state index contributed by atoms with van der Waals surface area (Å²) in [6, 6.07) is 0. The number of aliphatic imine (C=N–C) groups is 1. The lowest BCUT2D eigenvalue weighted by Crippen LogP contribution is -2.32. The Hall–Kier alpha value is -1.83. The van der Waals surface area contributed by atoms with E-state index in [9.17, 15) is 4.79 Å². The Morgan fingerprint density at radius 1 is 1.55 bits per heavy atom. The van der Waals surface area contributed by atoms with Gasteiger partial charge >= 0.3 is 6.09 Å². The van der Waals surface area contributed by atoms with Gasteiger partial charge in [0.25, 0.3) is 0 Å². The molecule has 8 heteroatoms. The number of nitrogens with zero attached hydrogens (tertiary/aromatic N) is 2. The third kappa shape index (κ3) is 4.87. The number of ether oxygens (including phenoxy) is 1. The van der Waals surface area contributed by atoms with Crippen LogP contribution in [0.25, 0.3) is 0 Å². The van der Waals surface area contributed by atoms with Gasteiger partial charge in [0, 0.05) is 17.8 Å². The van der Waals surface area contributed by atoms with Gasteiger partial charge in [-0.05, 0) is 25.2 Å². The first kappa shape index (κ1) is 16.5. The first-order valence-corrected chi connectivity index (χ1v) is 8.28. The van der Waals surface area contributed by atoms with E-state index in [0.717, 1.165) is 29.8 Å². The second kappa shape index (κ2) is 7.44. The van der Waals surface area contributed by atoms with Crippen molar-refractivity contribution >= 4 is 28.5 Å². The Kier molecular flexibility index (Phi) is 5.59. The SMILES string of the molecule is CC(C)CCNC(=O)OC1CCc2nc(N=C(N)N)sc2C1. The first-order chi connectivity index (χ1) is 10.4. The van der Waals surface area contributed by atoms with Gasteiger partial charge in [-0.3, -0.25) is 0 Å². The molecule has 0 saturated heterocycles. The van der Waals surface area contributed by atoms with Gasteiger partial charge in [0.05, 0.1) is 5.69 Å². The van der Waals surface area contributed by atoms with Gasteiger partial charge in [-0.15, -0.1) is 0 Å². The van der Waals surface area contributed by atoms with Crippen LogP contribution in [0.2, 0.25) is 0 Å². The number of aryl methyl sites for hydroxylation is 1. The van der Waals surface area contributed by atoms with Gasteiger partial charge in [0.1, 0.15) is 6.10 Å². The summed E-state index contributed by atoms with van der Waals surface area (Å²) in [6.07, 6.45) is 2.71. The summed E-state index contributed by atoms with van der Waals surface area (Å²) in [5.74, 6) is 0.562. The Labute approximate surface area is 134 Å². The van der Waals surface area contributed by atoms with Crippen molar-refractivity contribution in [2.24, 2.45) is 22.4 Å². The molecule has 1 aromatic heterocycles. The molecule has 1 atom stereocenters. The number of alkyl carbamates (subject to hydrolysis) is 1. The molecule has 1 aliphatic carbocycles. The molecule has 2 rings (SSSR count). The maximum atomic E-state index is 11.8. The van der Waals surface area contributed by atoms with E-state index in [-0.39, 0.29) is 18.2 Å². The number of hydrogen-bond acceptors (Lipinski definition) is 5. The molecule has 22 heavy (non-hydrogen) atoms. The number of nitrogens with one attached hydrogen (secondary N) is 1. The van der Waals surface area contributed by atoms with Crippen molar-refractivity contribution in [2.75, 3.05) is 6.54 Å². The van der Waals surface area contributed by atoms with Gasteiger partial charge in [-0.2, -0.15) is 4.99 Å². The summed E-state index contributed by atoms with van der Waals surface area (Å²) in [5, 5.41) is 3.35. The summed E-state index contributed by atoms with van der Waals surface area (Å²) in [7, 11) is 0. The van der Waals surface area contributed by atoms with Crippen molar-refractivity contribution in [3.63, 3.8) is 0 Å². The van der Waals surface area contributed by atoms with Crippen molar-refractivity contribution in [3.8, 4) is 0 Å².